The molecule has 1 fully saturated rings. The Hall–Kier alpha value is -1.73. The molecule has 7 heteroatoms. The van der Waals surface area contributed by atoms with Gasteiger partial charge in [0.15, 0.2) is 6.10 Å². The standard InChI is InChI=1S/C15H19NO5S/c1-10-7-16(8-13(21-10)15(18)19)14(17)9-22-12-5-3-11(20-2)4-6-12/h3-6,10,13H,7-9H2,1-2H3,(H,18,19)/t10-,13?/m1/s1. The second kappa shape index (κ2) is 7.51. The van der Waals surface area contributed by atoms with Gasteiger partial charge < -0.3 is 19.5 Å². The van der Waals surface area contributed by atoms with Crippen LogP contribution in [0.25, 0.3) is 0 Å². The highest BCUT2D eigenvalue weighted by atomic mass is 32.2. The molecule has 1 heterocycles. The zero-order valence-electron chi connectivity index (χ0n) is 12.5. The van der Waals surface area contributed by atoms with Crippen LogP contribution >= 0.6 is 11.8 Å². The Balaban J connectivity index is 1.89. The fourth-order valence-electron chi connectivity index (χ4n) is 2.20. The van der Waals surface area contributed by atoms with E-state index < -0.39 is 12.1 Å². The molecule has 2 atom stereocenters. The summed E-state index contributed by atoms with van der Waals surface area (Å²) < 4.78 is 10.4. The maximum absolute atomic E-state index is 12.2. The fraction of sp³-hybridized carbons (Fsp3) is 0.467. The summed E-state index contributed by atoms with van der Waals surface area (Å²) in [6.45, 7) is 2.29. The molecule has 0 bridgehead atoms. The van der Waals surface area contributed by atoms with E-state index in [-0.39, 0.29) is 24.3 Å². The van der Waals surface area contributed by atoms with Gasteiger partial charge in [-0.15, -0.1) is 11.8 Å². The van der Waals surface area contributed by atoms with E-state index in [1.807, 2.05) is 24.3 Å². The Morgan fingerprint density at radius 3 is 2.64 bits per heavy atom. The first kappa shape index (κ1) is 16.6. The number of hydrogen-bond acceptors (Lipinski definition) is 5. The number of carbonyl (C=O) groups excluding carboxylic acids is 1. The number of carboxylic acid groups (broad SMARTS) is 1. The van der Waals surface area contributed by atoms with Crippen molar-refractivity contribution in [3.05, 3.63) is 24.3 Å². The molecule has 1 saturated heterocycles. The van der Waals surface area contributed by atoms with Gasteiger partial charge in [0, 0.05) is 11.4 Å². The average molecular weight is 325 g/mol. The molecule has 1 amide bonds. The smallest absolute Gasteiger partial charge is 0.334 e. The molecule has 1 aromatic carbocycles. The summed E-state index contributed by atoms with van der Waals surface area (Å²) in [5.74, 6) is -0.0814. The Morgan fingerprint density at radius 2 is 2.05 bits per heavy atom. The first-order valence-electron chi connectivity index (χ1n) is 6.92. The summed E-state index contributed by atoms with van der Waals surface area (Å²) >= 11 is 1.42. The van der Waals surface area contributed by atoms with E-state index in [9.17, 15) is 9.59 Å². The van der Waals surface area contributed by atoms with Crippen LogP contribution in [0.3, 0.4) is 0 Å². The highest BCUT2D eigenvalue weighted by molar-refractivity contribution is 8.00. The first-order chi connectivity index (χ1) is 10.5. The number of hydrogen-bond donors (Lipinski definition) is 1. The second-order valence-corrected chi connectivity index (χ2v) is 6.09. The van der Waals surface area contributed by atoms with Gasteiger partial charge in [-0.05, 0) is 31.2 Å². The third-order valence-electron chi connectivity index (χ3n) is 3.31. The number of methoxy groups -OCH3 is 1. The van der Waals surface area contributed by atoms with Crippen molar-refractivity contribution in [2.24, 2.45) is 0 Å². The number of benzene rings is 1. The predicted octanol–water partition coefficient (Wildman–Crippen LogP) is 1.49. The zero-order valence-corrected chi connectivity index (χ0v) is 13.3. The molecule has 0 radical (unpaired) electrons. The lowest BCUT2D eigenvalue weighted by atomic mass is 10.2. The van der Waals surface area contributed by atoms with Crippen molar-refractivity contribution in [3.63, 3.8) is 0 Å². The number of thioether (sulfide) groups is 1. The van der Waals surface area contributed by atoms with Gasteiger partial charge >= 0.3 is 5.97 Å². The molecular weight excluding hydrogens is 306 g/mol. The van der Waals surface area contributed by atoms with Crippen molar-refractivity contribution < 1.29 is 24.2 Å². The van der Waals surface area contributed by atoms with E-state index in [1.54, 1.807) is 18.9 Å². The summed E-state index contributed by atoms with van der Waals surface area (Å²) in [5, 5.41) is 9.03. The number of carbonyl (C=O) groups is 2. The van der Waals surface area contributed by atoms with Crippen molar-refractivity contribution >= 4 is 23.6 Å². The minimum atomic E-state index is -1.04. The van der Waals surface area contributed by atoms with Crippen LogP contribution in [0.4, 0.5) is 0 Å². The average Bonchev–Trinajstić information content (AvgIpc) is 2.52. The van der Waals surface area contributed by atoms with Crippen molar-refractivity contribution in [1.82, 2.24) is 4.90 Å². The lowest BCUT2D eigenvalue weighted by molar-refractivity contribution is -0.165. The number of aliphatic carboxylic acids is 1. The van der Waals surface area contributed by atoms with Crippen LogP contribution in [0, 0.1) is 0 Å². The van der Waals surface area contributed by atoms with Gasteiger partial charge in [0.05, 0.1) is 25.5 Å². The number of morpholine rings is 1. The van der Waals surface area contributed by atoms with Gasteiger partial charge in [-0.3, -0.25) is 4.79 Å². The lowest BCUT2D eigenvalue weighted by Gasteiger charge is -2.34. The van der Waals surface area contributed by atoms with Gasteiger partial charge in [0.2, 0.25) is 5.91 Å². The first-order valence-corrected chi connectivity index (χ1v) is 7.91. The molecular formula is C15H19NO5S. The van der Waals surface area contributed by atoms with Crippen LogP contribution in [-0.2, 0) is 14.3 Å². The van der Waals surface area contributed by atoms with Gasteiger partial charge in [-0.2, -0.15) is 0 Å². The van der Waals surface area contributed by atoms with Crippen molar-refractivity contribution in [2.75, 3.05) is 26.0 Å². The minimum Gasteiger partial charge on any atom is -0.497 e. The van der Waals surface area contributed by atoms with Gasteiger partial charge in [-0.1, -0.05) is 0 Å². The Kier molecular flexibility index (Phi) is 5.68. The lowest BCUT2D eigenvalue weighted by Crippen LogP contribution is -2.52. The number of rotatable bonds is 5. The van der Waals surface area contributed by atoms with Gasteiger partial charge in [0.1, 0.15) is 5.75 Å². The quantitative estimate of drug-likeness (QED) is 0.827. The monoisotopic (exact) mass is 325 g/mol. The van der Waals surface area contributed by atoms with Crippen LogP contribution in [0.15, 0.2) is 29.2 Å². The van der Waals surface area contributed by atoms with Crippen LogP contribution in [0.1, 0.15) is 6.92 Å². The van der Waals surface area contributed by atoms with Crippen LogP contribution in [0.5, 0.6) is 5.75 Å². The molecule has 0 aliphatic carbocycles. The van der Waals surface area contributed by atoms with E-state index in [2.05, 4.69) is 0 Å². The van der Waals surface area contributed by atoms with E-state index in [1.165, 1.54) is 11.8 Å². The van der Waals surface area contributed by atoms with Gasteiger partial charge in [0.25, 0.3) is 0 Å². The van der Waals surface area contributed by atoms with E-state index in [0.717, 1.165) is 10.6 Å². The maximum atomic E-state index is 12.2. The molecule has 1 aromatic rings. The van der Waals surface area contributed by atoms with E-state index >= 15 is 0 Å². The Labute approximate surface area is 133 Å². The molecule has 1 aliphatic heterocycles. The van der Waals surface area contributed by atoms with Gasteiger partial charge in [-0.25, -0.2) is 4.79 Å². The molecule has 1 N–H and O–H groups in total. The summed E-state index contributed by atoms with van der Waals surface area (Å²) in [6.07, 6.45) is -1.22. The molecule has 0 spiro atoms. The molecule has 22 heavy (non-hydrogen) atoms. The van der Waals surface area contributed by atoms with Crippen LogP contribution in [0.2, 0.25) is 0 Å². The Morgan fingerprint density at radius 1 is 1.36 bits per heavy atom. The third-order valence-corrected chi connectivity index (χ3v) is 4.31. The summed E-state index contributed by atoms with van der Waals surface area (Å²) in [6, 6.07) is 7.45. The highest BCUT2D eigenvalue weighted by Crippen LogP contribution is 2.22. The number of carboxylic acids is 1. The molecule has 6 nitrogen and oxygen atoms in total. The molecule has 2 rings (SSSR count). The van der Waals surface area contributed by atoms with E-state index in [4.69, 9.17) is 14.6 Å². The maximum Gasteiger partial charge on any atom is 0.334 e. The topological polar surface area (TPSA) is 76.1 Å². The fourth-order valence-corrected chi connectivity index (χ4v) is 3.00. The number of amides is 1. The third kappa shape index (κ3) is 4.38. The highest BCUT2D eigenvalue weighted by Gasteiger charge is 2.32. The number of nitrogens with zero attached hydrogens (tertiary/aromatic N) is 1. The normalized spacial score (nSPS) is 21.5. The summed E-state index contributed by atoms with van der Waals surface area (Å²) in [7, 11) is 1.60. The Bertz CT molecular complexity index is 533. The summed E-state index contributed by atoms with van der Waals surface area (Å²) in [5.41, 5.74) is 0. The SMILES string of the molecule is COc1ccc(SCC(=O)N2CC(C(=O)O)O[C@H](C)C2)cc1. The van der Waals surface area contributed by atoms with Crippen LogP contribution in [-0.4, -0.2) is 60.0 Å². The van der Waals surface area contributed by atoms with Crippen molar-refractivity contribution in [2.45, 2.75) is 24.0 Å². The summed E-state index contributed by atoms with van der Waals surface area (Å²) in [4.78, 5) is 25.8. The molecule has 120 valence electrons. The predicted molar refractivity (Wildman–Crippen MR) is 82.3 cm³/mol. The molecule has 0 saturated carbocycles. The largest absolute Gasteiger partial charge is 0.497 e. The molecule has 0 aromatic heterocycles. The number of ether oxygens (including phenoxy) is 2. The van der Waals surface area contributed by atoms with Crippen molar-refractivity contribution in [1.29, 1.82) is 0 Å². The minimum absolute atomic E-state index is 0.0813. The van der Waals surface area contributed by atoms with Crippen molar-refractivity contribution in [3.8, 4) is 5.75 Å². The van der Waals surface area contributed by atoms with E-state index in [0.29, 0.717) is 6.54 Å². The molecule has 1 aliphatic rings. The zero-order chi connectivity index (χ0) is 16.1. The van der Waals surface area contributed by atoms with Crippen LogP contribution < -0.4 is 4.74 Å². The second-order valence-electron chi connectivity index (χ2n) is 5.04. The molecule has 1 unspecified atom stereocenters.